The van der Waals surface area contributed by atoms with E-state index < -0.39 is 0 Å². The van der Waals surface area contributed by atoms with Crippen LogP contribution in [0.4, 0.5) is 0 Å². The van der Waals surface area contributed by atoms with Crippen molar-refractivity contribution in [1.29, 1.82) is 0 Å². The molecule has 2 aromatic rings. The van der Waals surface area contributed by atoms with Gasteiger partial charge in [0.15, 0.2) is 17.3 Å². The van der Waals surface area contributed by atoms with E-state index in [1.54, 1.807) is 7.11 Å². The number of aromatic amines is 1. The number of methoxy groups -OCH3 is 1. The van der Waals surface area contributed by atoms with E-state index in [9.17, 15) is 0 Å². The van der Waals surface area contributed by atoms with Crippen molar-refractivity contribution >= 4 is 0 Å². The van der Waals surface area contributed by atoms with Crippen molar-refractivity contribution in [3.8, 4) is 11.5 Å². The molecule has 1 aromatic heterocycles. The van der Waals surface area contributed by atoms with Crippen LogP contribution in [0.25, 0.3) is 0 Å². The summed E-state index contributed by atoms with van der Waals surface area (Å²) in [4.78, 5) is 4.44. The van der Waals surface area contributed by atoms with Gasteiger partial charge in [0.25, 0.3) is 0 Å². The topological polar surface area (TPSA) is 86.0 Å². The highest BCUT2D eigenvalue weighted by molar-refractivity contribution is 5.44. The molecule has 0 aliphatic carbocycles. The minimum Gasteiger partial charge on any atom is -0.493 e. The van der Waals surface area contributed by atoms with Gasteiger partial charge in [-0.1, -0.05) is 19.9 Å². The molecule has 114 valence electrons. The molecule has 0 bridgehead atoms. The van der Waals surface area contributed by atoms with E-state index in [4.69, 9.17) is 15.2 Å². The maximum atomic E-state index is 6.26. The first kappa shape index (κ1) is 15.3. The molecule has 0 aliphatic heterocycles. The number of nitrogens with one attached hydrogen (secondary N) is 1. The lowest BCUT2D eigenvalue weighted by Crippen LogP contribution is -2.14. The predicted molar refractivity (Wildman–Crippen MR) is 80.7 cm³/mol. The second kappa shape index (κ2) is 6.58. The zero-order valence-electron chi connectivity index (χ0n) is 12.9. The van der Waals surface area contributed by atoms with E-state index in [-0.39, 0.29) is 12.0 Å². The number of nitrogens with zero attached hydrogens (tertiary/aromatic N) is 2. The van der Waals surface area contributed by atoms with Crippen LogP contribution in [-0.2, 0) is 0 Å². The van der Waals surface area contributed by atoms with Crippen LogP contribution >= 0.6 is 0 Å². The maximum absolute atomic E-state index is 6.26. The van der Waals surface area contributed by atoms with Crippen molar-refractivity contribution in [1.82, 2.24) is 15.2 Å². The average Bonchev–Trinajstić information content (AvgIpc) is 2.97. The molecule has 0 amide bonds. The predicted octanol–water partition coefficient (Wildman–Crippen LogP) is 2.38. The summed E-state index contributed by atoms with van der Waals surface area (Å²) in [6.45, 7) is 6.57. The number of aromatic nitrogens is 3. The molecule has 1 unspecified atom stereocenters. The van der Waals surface area contributed by atoms with Crippen molar-refractivity contribution in [3.63, 3.8) is 0 Å². The number of nitrogens with two attached hydrogens (primary N) is 1. The van der Waals surface area contributed by atoms with Gasteiger partial charge >= 0.3 is 0 Å². The Bertz CT molecular complexity index is 595. The minimum absolute atomic E-state index is 0.261. The van der Waals surface area contributed by atoms with E-state index in [0.717, 1.165) is 11.4 Å². The smallest absolute Gasteiger partial charge is 0.161 e. The van der Waals surface area contributed by atoms with Crippen molar-refractivity contribution in [2.24, 2.45) is 5.73 Å². The lowest BCUT2D eigenvalue weighted by molar-refractivity contribution is 0.310. The van der Waals surface area contributed by atoms with Crippen LogP contribution in [0.15, 0.2) is 18.2 Å². The monoisotopic (exact) mass is 290 g/mol. The largest absolute Gasteiger partial charge is 0.493 e. The lowest BCUT2D eigenvalue weighted by atomic mass is 10.1. The van der Waals surface area contributed by atoms with Gasteiger partial charge in [-0.2, -0.15) is 5.10 Å². The molecule has 21 heavy (non-hydrogen) atoms. The summed E-state index contributed by atoms with van der Waals surface area (Å²) >= 11 is 0. The zero-order valence-corrected chi connectivity index (χ0v) is 12.9. The highest BCUT2D eigenvalue weighted by atomic mass is 16.5. The molecule has 1 aromatic carbocycles. The van der Waals surface area contributed by atoms with Crippen molar-refractivity contribution < 1.29 is 9.47 Å². The van der Waals surface area contributed by atoms with Gasteiger partial charge in [0, 0.05) is 5.92 Å². The molecule has 0 spiro atoms. The second-order valence-corrected chi connectivity index (χ2v) is 5.05. The van der Waals surface area contributed by atoms with Crippen LogP contribution in [0.5, 0.6) is 11.5 Å². The molecule has 3 N–H and O–H groups in total. The van der Waals surface area contributed by atoms with Crippen LogP contribution < -0.4 is 15.2 Å². The number of hydrogen-bond acceptors (Lipinski definition) is 5. The summed E-state index contributed by atoms with van der Waals surface area (Å²) < 4.78 is 10.8. The minimum atomic E-state index is -0.380. The normalized spacial score (nSPS) is 12.5. The summed E-state index contributed by atoms with van der Waals surface area (Å²) in [5.74, 6) is 3.03. The Balaban J connectivity index is 2.29. The fraction of sp³-hybridized carbons (Fsp3) is 0.467. The highest BCUT2D eigenvalue weighted by Gasteiger charge is 2.17. The van der Waals surface area contributed by atoms with Crippen LogP contribution in [0.2, 0.25) is 0 Å². The molecule has 2 rings (SSSR count). The molecule has 0 saturated carbocycles. The Morgan fingerprint density at radius 3 is 2.62 bits per heavy atom. The third-order valence-electron chi connectivity index (χ3n) is 3.18. The first-order valence-electron chi connectivity index (χ1n) is 7.05. The van der Waals surface area contributed by atoms with Crippen LogP contribution in [0.3, 0.4) is 0 Å². The van der Waals surface area contributed by atoms with Crippen molar-refractivity contribution in [3.05, 3.63) is 35.4 Å². The Morgan fingerprint density at radius 1 is 1.29 bits per heavy atom. The number of rotatable bonds is 6. The molecule has 0 fully saturated rings. The summed E-state index contributed by atoms with van der Waals surface area (Å²) in [6.07, 6.45) is 0. The van der Waals surface area contributed by atoms with Gasteiger partial charge in [0.1, 0.15) is 5.82 Å². The van der Waals surface area contributed by atoms with Gasteiger partial charge in [-0.3, -0.25) is 5.10 Å². The van der Waals surface area contributed by atoms with Gasteiger partial charge in [-0.25, -0.2) is 4.98 Å². The Morgan fingerprint density at radius 2 is 2.05 bits per heavy atom. The number of H-pyrrole nitrogens is 1. The maximum Gasteiger partial charge on any atom is 0.161 e. The van der Waals surface area contributed by atoms with E-state index >= 15 is 0 Å². The fourth-order valence-corrected chi connectivity index (χ4v) is 2.00. The van der Waals surface area contributed by atoms with Crippen molar-refractivity contribution in [2.45, 2.75) is 32.7 Å². The van der Waals surface area contributed by atoms with Gasteiger partial charge in [0.2, 0.25) is 0 Å². The first-order chi connectivity index (χ1) is 10.1. The van der Waals surface area contributed by atoms with Crippen LogP contribution in [-0.4, -0.2) is 28.9 Å². The molecular formula is C15H22N4O2. The van der Waals surface area contributed by atoms with E-state index in [1.165, 1.54) is 0 Å². The molecule has 6 heteroatoms. The van der Waals surface area contributed by atoms with E-state index in [2.05, 4.69) is 15.2 Å². The van der Waals surface area contributed by atoms with Crippen LogP contribution in [0, 0.1) is 0 Å². The number of ether oxygens (including phenoxy) is 2. The average molecular weight is 290 g/mol. The quantitative estimate of drug-likeness (QED) is 0.853. The SMILES string of the molecule is CCOc1cc(C(N)c2nc(C(C)C)n[nH]2)ccc1OC. The van der Waals surface area contributed by atoms with Gasteiger partial charge in [0.05, 0.1) is 19.8 Å². The molecule has 1 heterocycles. The molecule has 0 aliphatic rings. The number of hydrogen-bond donors (Lipinski definition) is 2. The molecular weight excluding hydrogens is 268 g/mol. The summed E-state index contributed by atoms with van der Waals surface area (Å²) in [5.41, 5.74) is 7.15. The van der Waals surface area contributed by atoms with Crippen molar-refractivity contribution in [2.75, 3.05) is 13.7 Å². The fourth-order valence-electron chi connectivity index (χ4n) is 2.00. The molecule has 0 radical (unpaired) electrons. The Labute approximate surface area is 124 Å². The Kier molecular flexibility index (Phi) is 4.80. The third-order valence-corrected chi connectivity index (χ3v) is 3.18. The Hall–Kier alpha value is -2.08. The molecule has 1 atom stereocenters. The summed E-state index contributed by atoms with van der Waals surface area (Å²) in [7, 11) is 1.61. The van der Waals surface area contributed by atoms with Gasteiger partial charge < -0.3 is 15.2 Å². The second-order valence-electron chi connectivity index (χ2n) is 5.05. The van der Waals surface area contributed by atoms with Gasteiger partial charge in [-0.15, -0.1) is 0 Å². The molecule has 0 saturated heterocycles. The summed E-state index contributed by atoms with van der Waals surface area (Å²) in [5, 5.41) is 7.09. The lowest BCUT2D eigenvalue weighted by Gasteiger charge is -2.14. The number of benzene rings is 1. The summed E-state index contributed by atoms with van der Waals surface area (Å²) in [6, 6.07) is 5.25. The highest BCUT2D eigenvalue weighted by Crippen LogP contribution is 2.31. The zero-order chi connectivity index (χ0) is 15.4. The molecule has 6 nitrogen and oxygen atoms in total. The van der Waals surface area contributed by atoms with Gasteiger partial charge in [-0.05, 0) is 24.6 Å². The first-order valence-corrected chi connectivity index (χ1v) is 7.05. The van der Waals surface area contributed by atoms with Crippen LogP contribution in [0.1, 0.15) is 49.9 Å². The van der Waals surface area contributed by atoms with E-state index in [0.29, 0.717) is 23.9 Å². The standard InChI is InChI=1S/C15H22N4O2/c1-5-21-12-8-10(6-7-11(12)20-4)13(16)15-17-14(9(2)3)18-19-15/h6-9,13H,5,16H2,1-4H3,(H,17,18,19). The van der Waals surface area contributed by atoms with E-state index in [1.807, 2.05) is 39.0 Å². The third kappa shape index (κ3) is 3.33.